The molecule has 0 fully saturated rings. The molecule has 0 aliphatic heterocycles. The van der Waals surface area contributed by atoms with Crippen LogP contribution in [0.25, 0.3) is 0 Å². The molecule has 0 aromatic carbocycles. The summed E-state index contributed by atoms with van der Waals surface area (Å²) in [4.78, 5) is 3.98. The molecule has 0 amide bonds. The number of aromatic nitrogens is 1. The van der Waals surface area contributed by atoms with Crippen molar-refractivity contribution in [2.75, 3.05) is 6.61 Å². The van der Waals surface area contributed by atoms with Gasteiger partial charge in [-0.3, -0.25) is 0 Å². The second-order valence-corrected chi connectivity index (χ2v) is 2.85. The van der Waals surface area contributed by atoms with Crippen LogP contribution >= 0.6 is 0 Å². The first-order valence-electron chi connectivity index (χ1n) is 5.06. The Hall–Kier alpha value is -2.34. The van der Waals surface area contributed by atoms with Gasteiger partial charge in [0.2, 0.25) is 5.88 Å². The van der Waals surface area contributed by atoms with E-state index in [-0.39, 0.29) is 0 Å². The lowest BCUT2D eigenvalue weighted by Gasteiger charge is -2.04. The Morgan fingerprint density at radius 3 is 2.65 bits per heavy atom. The molecule has 0 unspecified atom stereocenters. The third kappa shape index (κ3) is 5.33. The number of allylic oxidation sites excluding steroid dienone is 1. The van der Waals surface area contributed by atoms with Crippen LogP contribution in [0, 0.1) is 11.3 Å². The lowest BCUT2D eigenvalue weighted by Crippen LogP contribution is -2.00. The fourth-order valence-corrected chi connectivity index (χ4v) is 0.949. The molecule has 0 aliphatic rings. The highest BCUT2D eigenvalue weighted by Crippen LogP contribution is 2.08. The molecule has 3 heteroatoms. The Kier molecular flexibility index (Phi) is 7.70. The average Bonchev–Trinajstić information content (AvgIpc) is 2.43. The molecule has 88 valence electrons. The minimum absolute atomic E-state index is 0.443. The zero-order chi connectivity index (χ0) is 13.1. The van der Waals surface area contributed by atoms with Gasteiger partial charge in [0.1, 0.15) is 12.7 Å². The van der Waals surface area contributed by atoms with E-state index in [0.29, 0.717) is 18.1 Å². The molecule has 0 saturated carbocycles. The van der Waals surface area contributed by atoms with Crippen molar-refractivity contribution in [2.24, 2.45) is 0 Å². The molecule has 0 bridgehead atoms. The van der Waals surface area contributed by atoms with Crippen LogP contribution in [0.15, 0.2) is 55.8 Å². The normalized spacial score (nSPS) is 9.53. The summed E-state index contributed by atoms with van der Waals surface area (Å²) in [7, 11) is 0. The maximum atomic E-state index is 8.57. The fraction of sp³-hybridized carbons (Fsp3) is 0.143. The third-order valence-electron chi connectivity index (χ3n) is 1.89. The summed E-state index contributed by atoms with van der Waals surface area (Å²) in [5.41, 5.74) is 1.53. The van der Waals surface area contributed by atoms with Crippen LogP contribution in [-0.2, 0) is 0 Å². The molecule has 1 aromatic heterocycles. The van der Waals surface area contributed by atoms with Crippen LogP contribution in [0.5, 0.6) is 5.88 Å². The molecule has 0 aliphatic carbocycles. The van der Waals surface area contributed by atoms with E-state index in [1.54, 1.807) is 18.2 Å². The number of nitriles is 1. The quantitative estimate of drug-likeness (QED) is 0.587. The molecule has 0 saturated heterocycles. The minimum atomic E-state index is 0.443. The number of rotatable bonds is 4. The number of hydrogen-bond donors (Lipinski definition) is 0. The van der Waals surface area contributed by atoms with Crippen molar-refractivity contribution in [3.05, 3.63) is 61.4 Å². The van der Waals surface area contributed by atoms with E-state index in [2.05, 4.69) is 24.7 Å². The summed E-state index contributed by atoms with van der Waals surface area (Å²) < 4.78 is 5.39. The zero-order valence-corrected chi connectivity index (χ0v) is 10.0. The van der Waals surface area contributed by atoms with Crippen LogP contribution in [0.4, 0.5) is 0 Å². The van der Waals surface area contributed by atoms with Crippen molar-refractivity contribution >= 4 is 0 Å². The highest BCUT2D eigenvalue weighted by molar-refractivity contribution is 5.28. The maximum absolute atomic E-state index is 8.57. The lowest BCUT2D eigenvalue weighted by molar-refractivity contribution is 0.341. The molecule has 0 spiro atoms. The number of hydrogen-bond acceptors (Lipinski definition) is 3. The Bertz CT molecular complexity index is 413. The lowest BCUT2D eigenvalue weighted by atomic mass is 10.3. The highest BCUT2D eigenvalue weighted by Gasteiger charge is 1.97. The van der Waals surface area contributed by atoms with Gasteiger partial charge < -0.3 is 4.74 Å². The minimum Gasteiger partial charge on any atom is -0.473 e. The van der Waals surface area contributed by atoms with E-state index in [4.69, 9.17) is 10.00 Å². The molecule has 0 atom stereocenters. The molecule has 1 rings (SSSR count). The first-order chi connectivity index (χ1) is 8.30. The predicted molar refractivity (Wildman–Crippen MR) is 69.7 cm³/mol. The van der Waals surface area contributed by atoms with Crippen LogP contribution in [0.3, 0.4) is 0 Å². The monoisotopic (exact) mass is 228 g/mol. The van der Waals surface area contributed by atoms with Gasteiger partial charge in [0.15, 0.2) is 0 Å². The van der Waals surface area contributed by atoms with Gasteiger partial charge in [-0.15, -0.1) is 13.2 Å². The van der Waals surface area contributed by atoms with E-state index in [0.717, 1.165) is 5.57 Å². The van der Waals surface area contributed by atoms with Crippen LogP contribution in [0.2, 0.25) is 0 Å². The second kappa shape index (κ2) is 8.93. The summed E-state index contributed by atoms with van der Waals surface area (Å²) in [5, 5.41) is 8.57. The molecular formula is C14H16N2O. The molecule has 17 heavy (non-hydrogen) atoms. The first-order valence-corrected chi connectivity index (χ1v) is 5.06. The Labute approximate surface area is 102 Å². The van der Waals surface area contributed by atoms with Crippen LogP contribution in [-0.4, -0.2) is 11.6 Å². The van der Waals surface area contributed by atoms with E-state index in [1.807, 2.05) is 19.1 Å². The maximum Gasteiger partial charge on any atom is 0.213 e. The first kappa shape index (κ1) is 14.7. The molecular weight excluding hydrogens is 212 g/mol. The van der Waals surface area contributed by atoms with Crippen LogP contribution < -0.4 is 4.74 Å². The Balaban J connectivity index is 0.00000121. The second-order valence-electron chi connectivity index (χ2n) is 2.85. The van der Waals surface area contributed by atoms with Crippen molar-refractivity contribution in [3.63, 3.8) is 0 Å². The van der Waals surface area contributed by atoms with Gasteiger partial charge in [-0.1, -0.05) is 18.7 Å². The SMILES string of the molecule is C=C.C=C/C(=C\C)COc1ccc(C#N)cn1. The fourth-order valence-electron chi connectivity index (χ4n) is 0.949. The van der Waals surface area contributed by atoms with Crippen molar-refractivity contribution < 1.29 is 4.74 Å². The predicted octanol–water partition coefficient (Wildman–Crippen LogP) is 3.27. The standard InChI is InChI=1S/C12H12N2O.C2H4/c1-3-10(4-2)9-15-12-6-5-11(7-13)8-14-12;1-2/h3-6,8H,1,9H2,2H3;1-2H2/b10-4+;. The smallest absolute Gasteiger partial charge is 0.213 e. The molecule has 0 N–H and O–H groups in total. The van der Waals surface area contributed by atoms with E-state index in [9.17, 15) is 0 Å². The van der Waals surface area contributed by atoms with Gasteiger partial charge in [-0.2, -0.15) is 5.26 Å². The largest absolute Gasteiger partial charge is 0.473 e. The molecule has 1 heterocycles. The van der Waals surface area contributed by atoms with Gasteiger partial charge in [0, 0.05) is 12.3 Å². The van der Waals surface area contributed by atoms with Crippen molar-refractivity contribution in [1.82, 2.24) is 4.98 Å². The Morgan fingerprint density at radius 1 is 1.53 bits per heavy atom. The summed E-state index contributed by atoms with van der Waals surface area (Å²) in [6.45, 7) is 12.0. The summed E-state index contributed by atoms with van der Waals surface area (Å²) in [6, 6.07) is 5.34. The van der Waals surface area contributed by atoms with Gasteiger partial charge in [-0.25, -0.2) is 4.98 Å². The van der Waals surface area contributed by atoms with Crippen molar-refractivity contribution in [3.8, 4) is 11.9 Å². The molecule has 0 radical (unpaired) electrons. The number of nitrogens with zero attached hydrogens (tertiary/aromatic N) is 2. The van der Waals surface area contributed by atoms with Crippen molar-refractivity contribution in [1.29, 1.82) is 5.26 Å². The van der Waals surface area contributed by atoms with E-state index >= 15 is 0 Å². The molecule has 1 aromatic rings. The van der Waals surface area contributed by atoms with Gasteiger partial charge in [-0.05, 0) is 18.6 Å². The van der Waals surface area contributed by atoms with E-state index in [1.165, 1.54) is 6.20 Å². The van der Waals surface area contributed by atoms with Gasteiger partial charge in [0.25, 0.3) is 0 Å². The van der Waals surface area contributed by atoms with Gasteiger partial charge >= 0.3 is 0 Å². The number of pyridine rings is 1. The van der Waals surface area contributed by atoms with Crippen LogP contribution in [0.1, 0.15) is 12.5 Å². The topological polar surface area (TPSA) is 45.9 Å². The third-order valence-corrected chi connectivity index (χ3v) is 1.89. The summed E-state index contributed by atoms with van der Waals surface area (Å²) >= 11 is 0. The van der Waals surface area contributed by atoms with Crippen molar-refractivity contribution in [2.45, 2.75) is 6.92 Å². The summed E-state index contributed by atoms with van der Waals surface area (Å²) in [6.07, 6.45) is 5.15. The summed E-state index contributed by atoms with van der Waals surface area (Å²) in [5.74, 6) is 0.509. The zero-order valence-electron chi connectivity index (χ0n) is 10.0. The number of ether oxygens (including phenoxy) is 1. The highest BCUT2D eigenvalue weighted by atomic mass is 16.5. The average molecular weight is 228 g/mol. The molecule has 3 nitrogen and oxygen atoms in total. The van der Waals surface area contributed by atoms with Gasteiger partial charge in [0.05, 0.1) is 5.56 Å². The Morgan fingerprint density at radius 2 is 2.24 bits per heavy atom. The van der Waals surface area contributed by atoms with E-state index < -0.39 is 0 Å².